The average molecular weight is 322 g/mol. The van der Waals surface area contributed by atoms with E-state index in [1.807, 2.05) is 0 Å². The average Bonchev–Trinajstić information content (AvgIpc) is 2.88. The van der Waals surface area contributed by atoms with E-state index in [9.17, 15) is 15.0 Å². The highest BCUT2D eigenvalue weighted by atomic mass is 16.6. The molecular weight excluding hydrogens is 300 g/mol. The lowest BCUT2D eigenvalue weighted by Crippen LogP contribution is -2.34. The number of fused-ring (bicyclic) bond motifs is 1. The summed E-state index contributed by atoms with van der Waals surface area (Å²) in [5.74, 6) is 0. The lowest BCUT2D eigenvalue weighted by molar-refractivity contribution is 0.0129. The van der Waals surface area contributed by atoms with Gasteiger partial charge in [0, 0.05) is 24.5 Å². The van der Waals surface area contributed by atoms with Crippen molar-refractivity contribution in [1.29, 1.82) is 0 Å². The van der Waals surface area contributed by atoms with Crippen molar-refractivity contribution in [2.24, 2.45) is 0 Å². The largest absolute Gasteiger partial charge is 0.444 e. The predicted octanol–water partition coefficient (Wildman–Crippen LogP) is 1.04. The van der Waals surface area contributed by atoms with Crippen LogP contribution in [0.5, 0.6) is 0 Å². The van der Waals surface area contributed by atoms with Gasteiger partial charge in [0.15, 0.2) is 5.65 Å². The summed E-state index contributed by atoms with van der Waals surface area (Å²) in [6, 6.07) is 1.72. The number of aromatic nitrogens is 3. The fraction of sp³-hybridized carbons (Fsp3) is 0.533. The summed E-state index contributed by atoms with van der Waals surface area (Å²) in [7, 11) is 0. The Balaban J connectivity index is 1.88. The first-order valence-corrected chi connectivity index (χ1v) is 7.39. The number of aliphatic hydroxyl groups excluding tert-OH is 2. The maximum absolute atomic E-state index is 11.5. The Bertz CT molecular complexity index is 665. The van der Waals surface area contributed by atoms with E-state index in [-0.39, 0.29) is 13.0 Å². The van der Waals surface area contributed by atoms with Crippen molar-refractivity contribution in [2.75, 3.05) is 6.54 Å². The first kappa shape index (κ1) is 17.2. The molecule has 0 radical (unpaired) electrons. The van der Waals surface area contributed by atoms with Crippen molar-refractivity contribution in [1.82, 2.24) is 19.9 Å². The number of hydrogen-bond acceptors (Lipinski definition) is 6. The number of aliphatic hydroxyl groups is 2. The van der Waals surface area contributed by atoms with Crippen LogP contribution in [-0.4, -0.2) is 49.2 Å². The minimum absolute atomic E-state index is 0.171. The highest BCUT2D eigenvalue weighted by Gasteiger charge is 2.23. The molecule has 8 nitrogen and oxygen atoms in total. The molecule has 0 aliphatic carbocycles. The second-order valence-electron chi connectivity index (χ2n) is 6.22. The molecule has 1 amide bonds. The maximum Gasteiger partial charge on any atom is 0.407 e. The smallest absolute Gasteiger partial charge is 0.407 e. The van der Waals surface area contributed by atoms with E-state index < -0.39 is 23.9 Å². The number of nitrogens with one attached hydrogen (secondary N) is 1. The van der Waals surface area contributed by atoms with Crippen LogP contribution >= 0.6 is 0 Å². The van der Waals surface area contributed by atoms with Gasteiger partial charge in [-0.25, -0.2) is 14.3 Å². The summed E-state index contributed by atoms with van der Waals surface area (Å²) >= 11 is 0. The number of ether oxygens (including phenoxy) is 1. The number of carbonyl (C=O) groups is 1. The van der Waals surface area contributed by atoms with Gasteiger partial charge in [0.1, 0.15) is 11.7 Å². The molecule has 2 aromatic heterocycles. The Labute approximate surface area is 134 Å². The molecule has 0 aliphatic heterocycles. The molecular formula is C15H22N4O4. The van der Waals surface area contributed by atoms with Crippen LogP contribution < -0.4 is 5.32 Å². The first-order chi connectivity index (χ1) is 10.8. The second-order valence-corrected chi connectivity index (χ2v) is 6.22. The van der Waals surface area contributed by atoms with Crippen LogP contribution in [0.25, 0.3) is 5.65 Å². The van der Waals surface area contributed by atoms with Crippen molar-refractivity contribution in [3.05, 3.63) is 30.2 Å². The molecule has 8 heteroatoms. The van der Waals surface area contributed by atoms with E-state index in [4.69, 9.17) is 4.74 Å². The normalized spacial score (nSPS) is 14.5. The van der Waals surface area contributed by atoms with Gasteiger partial charge in [-0.05, 0) is 33.3 Å². The molecule has 2 rings (SSSR count). The zero-order valence-corrected chi connectivity index (χ0v) is 13.4. The van der Waals surface area contributed by atoms with E-state index >= 15 is 0 Å². The summed E-state index contributed by atoms with van der Waals surface area (Å²) < 4.78 is 6.61. The van der Waals surface area contributed by atoms with Gasteiger partial charge in [0.2, 0.25) is 0 Å². The number of hydrogen-bond donors (Lipinski definition) is 3. The maximum atomic E-state index is 11.5. The molecule has 3 N–H and O–H groups in total. The van der Waals surface area contributed by atoms with E-state index in [0.29, 0.717) is 11.2 Å². The van der Waals surface area contributed by atoms with Crippen molar-refractivity contribution in [3.8, 4) is 0 Å². The lowest BCUT2D eigenvalue weighted by atomic mass is 10.1. The Morgan fingerprint density at radius 3 is 2.87 bits per heavy atom. The molecule has 2 unspecified atom stereocenters. The molecule has 2 atom stereocenters. The highest BCUT2D eigenvalue weighted by Crippen LogP contribution is 2.21. The minimum Gasteiger partial charge on any atom is -0.444 e. The first-order valence-electron chi connectivity index (χ1n) is 7.39. The molecule has 0 saturated carbocycles. The lowest BCUT2D eigenvalue weighted by Gasteiger charge is -2.21. The zero-order chi connectivity index (χ0) is 17.0. The third-order valence-corrected chi connectivity index (χ3v) is 3.10. The summed E-state index contributed by atoms with van der Waals surface area (Å²) in [6.07, 6.45) is 2.18. The van der Waals surface area contributed by atoms with Crippen LogP contribution in [0.15, 0.2) is 24.7 Å². The number of carbonyl (C=O) groups excluding carboxylic acids is 1. The third kappa shape index (κ3) is 4.64. The van der Waals surface area contributed by atoms with E-state index in [2.05, 4.69) is 15.4 Å². The molecule has 0 aliphatic rings. The predicted molar refractivity (Wildman–Crippen MR) is 82.8 cm³/mol. The van der Waals surface area contributed by atoms with Gasteiger partial charge < -0.3 is 20.3 Å². The van der Waals surface area contributed by atoms with E-state index in [0.717, 1.165) is 0 Å². The van der Waals surface area contributed by atoms with E-state index in [1.165, 1.54) is 10.7 Å². The van der Waals surface area contributed by atoms with Crippen molar-refractivity contribution >= 4 is 11.7 Å². The third-order valence-electron chi connectivity index (χ3n) is 3.10. The molecule has 0 bridgehead atoms. The van der Waals surface area contributed by atoms with Crippen LogP contribution in [0.2, 0.25) is 0 Å². The van der Waals surface area contributed by atoms with Gasteiger partial charge in [0.05, 0.1) is 12.3 Å². The molecule has 0 saturated heterocycles. The van der Waals surface area contributed by atoms with Gasteiger partial charge >= 0.3 is 6.09 Å². The van der Waals surface area contributed by atoms with Crippen LogP contribution in [-0.2, 0) is 4.74 Å². The number of nitrogens with zero attached hydrogens (tertiary/aromatic N) is 3. The van der Waals surface area contributed by atoms with Crippen LogP contribution in [0, 0.1) is 0 Å². The number of amides is 1. The Hall–Kier alpha value is -2.19. The second kappa shape index (κ2) is 6.93. The fourth-order valence-electron chi connectivity index (χ4n) is 2.06. The summed E-state index contributed by atoms with van der Waals surface area (Å²) in [4.78, 5) is 15.6. The fourth-order valence-corrected chi connectivity index (χ4v) is 2.06. The topological polar surface area (TPSA) is 109 Å². The minimum atomic E-state index is -1.14. The monoisotopic (exact) mass is 322 g/mol. The standard InChI is InChI=1S/C15H22N4O4/c1-15(2,3)23-14(22)17-7-5-11(20)12(21)10-9-18-19-8-4-6-16-13(10)19/h4,6,8-9,11-12,20-21H,5,7H2,1-3H3,(H,17,22). The molecule has 0 spiro atoms. The number of rotatable bonds is 5. The molecule has 2 heterocycles. The van der Waals surface area contributed by atoms with Gasteiger partial charge in [0.25, 0.3) is 0 Å². The van der Waals surface area contributed by atoms with Crippen LogP contribution in [0.1, 0.15) is 38.9 Å². The van der Waals surface area contributed by atoms with Crippen LogP contribution in [0.3, 0.4) is 0 Å². The molecule has 0 fully saturated rings. The van der Waals surface area contributed by atoms with E-state index in [1.54, 1.807) is 39.2 Å². The van der Waals surface area contributed by atoms with Crippen molar-refractivity contribution in [2.45, 2.75) is 45.0 Å². The van der Waals surface area contributed by atoms with Gasteiger partial charge in [-0.1, -0.05) is 0 Å². The van der Waals surface area contributed by atoms with Crippen LogP contribution in [0.4, 0.5) is 4.79 Å². The summed E-state index contributed by atoms with van der Waals surface area (Å²) in [6.45, 7) is 5.48. The Morgan fingerprint density at radius 2 is 2.17 bits per heavy atom. The van der Waals surface area contributed by atoms with Gasteiger partial charge in [-0.2, -0.15) is 5.10 Å². The zero-order valence-electron chi connectivity index (χ0n) is 13.4. The molecule has 23 heavy (non-hydrogen) atoms. The van der Waals surface area contributed by atoms with Gasteiger partial charge in [-0.15, -0.1) is 0 Å². The Kier molecular flexibility index (Phi) is 5.17. The quantitative estimate of drug-likeness (QED) is 0.759. The molecule has 0 aromatic carbocycles. The van der Waals surface area contributed by atoms with Gasteiger partial charge in [-0.3, -0.25) is 0 Å². The van der Waals surface area contributed by atoms with Crippen molar-refractivity contribution in [3.63, 3.8) is 0 Å². The Morgan fingerprint density at radius 1 is 1.43 bits per heavy atom. The molecule has 2 aromatic rings. The SMILES string of the molecule is CC(C)(C)OC(=O)NCCC(O)C(O)c1cnn2cccnc12. The number of alkyl carbamates (subject to hydrolysis) is 1. The summed E-state index contributed by atoms with van der Waals surface area (Å²) in [5.41, 5.74) is 0.347. The van der Waals surface area contributed by atoms with Crippen molar-refractivity contribution < 1.29 is 19.7 Å². The summed E-state index contributed by atoms with van der Waals surface area (Å²) in [5, 5.41) is 26.9. The molecule has 126 valence electrons. The highest BCUT2D eigenvalue weighted by molar-refractivity contribution is 5.67.